The van der Waals surface area contributed by atoms with E-state index in [0.717, 1.165) is 6.92 Å². The van der Waals surface area contributed by atoms with Crippen LogP contribution in [0, 0.1) is 6.92 Å². The van der Waals surface area contributed by atoms with Crippen LogP contribution in [-0.2, 0) is 0 Å². The van der Waals surface area contributed by atoms with Crippen molar-refractivity contribution in [3.63, 3.8) is 0 Å². The number of hydrogen-bond acceptors (Lipinski definition) is 0. The second-order valence-electron chi connectivity index (χ2n) is 2.73. The van der Waals surface area contributed by atoms with Crippen molar-refractivity contribution < 1.29 is 30.7 Å². The van der Waals surface area contributed by atoms with E-state index < -0.39 is 30.0 Å². The van der Waals surface area contributed by atoms with Gasteiger partial charge in [0.15, 0.2) is 0 Å². The van der Waals surface area contributed by atoms with Crippen molar-refractivity contribution in [2.45, 2.75) is 31.4 Å². The lowest BCUT2D eigenvalue weighted by molar-refractivity contribution is -0.344. The molecule has 0 bridgehead atoms. The van der Waals surface area contributed by atoms with Gasteiger partial charge in [0.1, 0.15) is 0 Å². The van der Waals surface area contributed by atoms with Crippen LogP contribution in [0.15, 0.2) is 11.6 Å². The van der Waals surface area contributed by atoms with E-state index in [1.807, 2.05) is 0 Å². The van der Waals surface area contributed by atoms with Gasteiger partial charge in [-0.25, -0.2) is 0 Å². The predicted molar refractivity (Wildman–Crippen MR) is 39.7 cm³/mol. The molecule has 7 heteroatoms. The zero-order valence-corrected chi connectivity index (χ0v) is 7.64. The molecule has 0 aromatic heterocycles. The number of alkyl halides is 7. The van der Waals surface area contributed by atoms with Gasteiger partial charge in [0.05, 0.1) is 0 Å². The fourth-order valence-corrected chi connectivity index (χ4v) is 0.874. The number of rotatable bonds is 3. The van der Waals surface area contributed by atoms with Crippen molar-refractivity contribution in [1.29, 1.82) is 0 Å². The zero-order valence-electron chi connectivity index (χ0n) is 7.64. The molecule has 0 saturated heterocycles. The first-order chi connectivity index (χ1) is 6.52. The molecule has 0 fully saturated rings. The Morgan fingerprint density at radius 3 is 1.67 bits per heavy atom. The predicted octanol–water partition coefficient (Wildman–Crippen LogP) is 3.99. The molecule has 0 atom stereocenters. The molecular weight excluding hydrogens is 229 g/mol. The maximum atomic E-state index is 12.8. The fraction of sp³-hybridized carbons (Fsp3) is 0.625. The zero-order chi connectivity index (χ0) is 12.5. The summed E-state index contributed by atoms with van der Waals surface area (Å²) in [5.41, 5.74) is -1.34. The van der Waals surface area contributed by atoms with Crippen LogP contribution in [0.4, 0.5) is 30.7 Å². The highest BCUT2D eigenvalue weighted by atomic mass is 19.4. The van der Waals surface area contributed by atoms with Crippen molar-refractivity contribution >= 4 is 0 Å². The van der Waals surface area contributed by atoms with E-state index in [2.05, 4.69) is 6.92 Å². The molecule has 0 spiro atoms. The molecule has 0 aromatic carbocycles. The Morgan fingerprint density at radius 1 is 1.07 bits per heavy atom. The molecular formula is C8H8F7. The fourth-order valence-electron chi connectivity index (χ4n) is 0.874. The van der Waals surface area contributed by atoms with Gasteiger partial charge >= 0.3 is 18.0 Å². The van der Waals surface area contributed by atoms with Crippen molar-refractivity contribution in [2.24, 2.45) is 0 Å². The van der Waals surface area contributed by atoms with Crippen molar-refractivity contribution in [2.75, 3.05) is 0 Å². The highest BCUT2D eigenvalue weighted by Gasteiger charge is 2.73. The lowest BCUT2D eigenvalue weighted by Crippen LogP contribution is -2.52. The van der Waals surface area contributed by atoms with Crippen LogP contribution in [0.3, 0.4) is 0 Å². The van der Waals surface area contributed by atoms with Crippen LogP contribution in [0.1, 0.15) is 13.3 Å². The smallest absolute Gasteiger partial charge is 0.194 e. The number of hydrogen-bond donors (Lipinski definition) is 0. The first-order valence-corrected chi connectivity index (χ1v) is 3.83. The Hall–Kier alpha value is -0.750. The molecule has 1 radical (unpaired) electrons. The maximum absolute atomic E-state index is 12.8. The quantitative estimate of drug-likeness (QED) is 0.651. The van der Waals surface area contributed by atoms with E-state index in [9.17, 15) is 30.7 Å². The second-order valence-corrected chi connectivity index (χ2v) is 2.73. The van der Waals surface area contributed by atoms with Crippen LogP contribution in [0.5, 0.6) is 0 Å². The first-order valence-electron chi connectivity index (χ1n) is 3.83. The van der Waals surface area contributed by atoms with Gasteiger partial charge in [-0.2, -0.15) is 30.7 Å². The van der Waals surface area contributed by atoms with E-state index in [-0.39, 0.29) is 0 Å². The summed E-state index contributed by atoms with van der Waals surface area (Å²) in [5, 5.41) is 0. The summed E-state index contributed by atoms with van der Waals surface area (Å²) in [6.45, 7) is 3.82. The van der Waals surface area contributed by atoms with Gasteiger partial charge in [0.2, 0.25) is 0 Å². The topological polar surface area (TPSA) is 0 Å². The van der Waals surface area contributed by atoms with Crippen LogP contribution in [0.25, 0.3) is 0 Å². The molecule has 0 heterocycles. The number of allylic oxidation sites excluding steroid dienone is 2. The van der Waals surface area contributed by atoms with E-state index in [1.54, 1.807) is 0 Å². The first kappa shape index (κ1) is 14.2. The Morgan fingerprint density at radius 2 is 1.47 bits per heavy atom. The summed E-state index contributed by atoms with van der Waals surface area (Å²) in [6.07, 6.45) is -6.61. The highest BCUT2D eigenvalue weighted by molar-refractivity contribution is 5.19. The standard InChI is InChI=1S/C8H8F7/c1-3-5(4-2)6(9,10)7(11,12)8(13,14)15/h3H,1,4H2,2H3/b5-3+. The van der Waals surface area contributed by atoms with Crippen LogP contribution >= 0.6 is 0 Å². The monoisotopic (exact) mass is 237 g/mol. The second kappa shape index (κ2) is 4.02. The molecule has 0 aliphatic heterocycles. The van der Waals surface area contributed by atoms with Gasteiger partial charge in [-0.15, -0.1) is 0 Å². The summed E-state index contributed by atoms with van der Waals surface area (Å²) in [5.74, 6) is -11.3. The van der Waals surface area contributed by atoms with Crippen molar-refractivity contribution in [3.8, 4) is 0 Å². The summed E-state index contributed by atoms with van der Waals surface area (Å²) in [4.78, 5) is 0. The molecule has 0 N–H and O–H groups in total. The molecule has 15 heavy (non-hydrogen) atoms. The molecule has 89 valence electrons. The summed E-state index contributed by atoms with van der Waals surface area (Å²) < 4.78 is 85.4. The SMILES string of the molecule is [CH2]/C=C(\CC)C(F)(F)C(F)(F)C(F)(F)F. The molecule has 0 aromatic rings. The minimum Gasteiger partial charge on any atom is -0.194 e. The van der Waals surface area contributed by atoms with Gasteiger partial charge < -0.3 is 0 Å². The third-order valence-corrected chi connectivity index (χ3v) is 1.78. The van der Waals surface area contributed by atoms with E-state index in [0.29, 0.717) is 6.08 Å². The lowest BCUT2D eigenvalue weighted by atomic mass is 9.99. The Labute approximate surface area is 81.8 Å². The lowest BCUT2D eigenvalue weighted by Gasteiger charge is -2.29. The molecule has 0 saturated carbocycles. The maximum Gasteiger partial charge on any atom is 0.460 e. The van der Waals surface area contributed by atoms with Gasteiger partial charge in [-0.05, 0) is 13.3 Å². The Bertz CT molecular complexity index is 248. The minimum atomic E-state index is -6.29. The summed E-state index contributed by atoms with van der Waals surface area (Å²) in [6, 6.07) is 0. The third kappa shape index (κ3) is 2.26. The minimum absolute atomic E-state index is 0.319. The molecule has 0 amide bonds. The highest BCUT2D eigenvalue weighted by Crippen LogP contribution is 2.50. The molecule has 0 aliphatic carbocycles. The average molecular weight is 237 g/mol. The van der Waals surface area contributed by atoms with Crippen LogP contribution in [0.2, 0.25) is 0 Å². The van der Waals surface area contributed by atoms with Gasteiger partial charge in [-0.3, -0.25) is 0 Å². The van der Waals surface area contributed by atoms with Crippen molar-refractivity contribution in [1.82, 2.24) is 0 Å². The average Bonchev–Trinajstić information content (AvgIpc) is 2.03. The van der Waals surface area contributed by atoms with Gasteiger partial charge in [0.25, 0.3) is 0 Å². The summed E-state index contributed by atoms with van der Waals surface area (Å²) in [7, 11) is 0. The van der Waals surface area contributed by atoms with E-state index in [4.69, 9.17) is 0 Å². The molecule has 0 unspecified atom stereocenters. The Kier molecular flexibility index (Phi) is 3.82. The molecule has 0 rings (SSSR count). The van der Waals surface area contributed by atoms with Crippen LogP contribution in [-0.4, -0.2) is 18.0 Å². The van der Waals surface area contributed by atoms with E-state index >= 15 is 0 Å². The van der Waals surface area contributed by atoms with Gasteiger partial charge in [-0.1, -0.05) is 13.0 Å². The van der Waals surface area contributed by atoms with Gasteiger partial charge in [0, 0.05) is 5.57 Å². The molecule has 0 aliphatic rings. The largest absolute Gasteiger partial charge is 0.460 e. The number of halogens is 7. The molecule has 0 nitrogen and oxygen atoms in total. The van der Waals surface area contributed by atoms with E-state index in [1.165, 1.54) is 0 Å². The Balaban J connectivity index is 5.37. The third-order valence-electron chi connectivity index (χ3n) is 1.78. The summed E-state index contributed by atoms with van der Waals surface area (Å²) >= 11 is 0. The van der Waals surface area contributed by atoms with Crippen molar-refractivity contribution in [3.05, 3.63) is 18.6 Å². The van der Waals surface area contributed by atoms with Crippen LogP contribution < -0.4 is 0 Å². The normalized spacial score (nSPS) is 15.7.